The highest BCUT2D eigenvalue weighted by Gasteiger charge is 2.29. The molecule has 0 spiro atoms. The van der Waals surface area contributed by atoms with Crippen LogP contribution in [0.5, 0.6) is 0 Å². The SMILES string of the molecule is CN(CCc1ccccc1)CC1CCC(c2ccccc2)CC1=O.Cl. The first-order valence-electron chi connectivity index (χ1n) is 9.02. The lowest BCUT2D eigenvalue weighted by molar-refractivity contribution is -0.125. The second kappa shape index (κ2) is 9.74. The third-order valence-electron chi connectivity index (χ3n) is 5.19. The average Bonchev–Trinajstić information content (AvgIpc) is 2.63. The van der Waals surface area contributed by atoms with E-state index < -0.39 is 0 Å². The molecule has 1 saturated carbocycles. The maximum Gasteiger partial charge on any atom is 0.137 e. The summed E-state index contributed by atoms with van der Waals surface area (Å²) < 4.78 is 0. The number of hydrogen-bond donors (Lipinski definition) is 0. The lowest BCUT2D eigenvalue weighted by atomic mass is 9.77. The van der Waals surface area contributed by atoms with Crippen LogP contribution < -0.4 is 0 Å². The summed E-state index contributed by atoms with van der Waals surface area (Å²) in [5.74, 6) is 1.08. The van der Waals surface area contributed by atoms with Crippen molar-refractivity contribution in [3.05, 3.63) is 71.8 Å². The molecule has 2 aromatic rings. The third kappa shape index (κ3) is 5.69. The predicted molar refractivity (Wildman–Crippen MR) is 106 cm³/mol. The molecule has 2 unspecified atom stereocenters. The van der Waals surface area contributed by atoms with Crippen molar-refractivity contribution >= 4 is 18.2 Å². The van der Waals surface area contributed by atoms with Crippen molar-refractivity contribution in [2.75, 3.05) is 20.1 Å². The molecule has 2 atom stereocenters. The molecule has 2 nitrogen and oxygen atoms in total. The first-order chi connectivity index (χ1) is 11.7. The standard InChI is InChI=1S/C22H27NO.ClH/c1-23(15-14-18-8-4-2-5-9-18)17-21-13-12-20(16-22(21)24)19-10-6-3-7-11-19;/h2-11,20-21H,12-17H2,1H3;1H. The first-order valence-corrected chi connectivity index (χ1v) is 9.02. The molecular weight excluding hydrogens is 330 g/mol. The van der Waals surface area contributed by atoms with E-state index in [1.165, 1.54) is 11.1 Å². The zero-order valence-electron chi connectivity index (χ0n) is 14.9. The van der Waals surface area contributed by atoms with Crippen LogP contribution in [0.3, 0.4) is 0 Å². The molecule has 0 bridgehead atoms. The Labute approximate surface area is 157 Å². The zero-order chi connectivity index (χ0) is 16.8. The molecule has 1 aliphatic rings. The lowest BCUT2D eigenvalue weighted by Gasteiger charge is -2.30. The van der Waals surface area contributed by atoms with E-state index in [0.29, 0.717) is 18.1 Å². The van der Waals surface area contributed by atoms with Crippen molar-refractivity contribution < 1.29 is 4.79 Å². The quantitative estimate of drug-likeness (QED) is 0.744. The van der Waals surface area contributed by atoms with Crippen molar-refractivity contribution in [3.63, 3.8) is 0 Å². The number of nitrogens with zero attached hydrogens (tertiary/aromatic N) is 1. The summed E-state index contributed by atoms with van der Waals surface area (Å²) in [5.41, 5.74) is 2.69. The molecule has 3 heteroatoms. The molecule has 0 saturated heterocycles. The first kappa shape index (κ1) is 19.7. The highest BCUT2D eigenvalue weighted by atomic mass is 35.5. The molecular formula is C22H28ClNO. The molecule has 3 rings (SSSR count). The monoisotopic (exact) mass is 357 g/mol. The second-order valence-electron chi connectivity index (χ2n) is 7.05. The number of Topliss-reactive ketones (excluding diaryl/α,β-unsaturated/α-hetero) is 1. The molecule has 0 radical (unpaired) electrons. The van der Waals surface area contributed by atoms with Crippen LogP contribution in [0.15, 0.2) is 60.7 Å². The van der Waals surface area contributed by atoms with Crippen LogP contribution in [-0.4, -0.2) is 30.8 Å². The summed E-state index contributed by atoms with van der Waals surface area (Å²) in [6.45, 7) is 1.91. The van der Waals surface area contributed by atoms with Gasteiger partial charge in [0.05, 0.1) is 0 Å². The van der Waals surface area contributed by atoms with Crippen LogP contribution >= 0.6 is 12.4 Å². The van der Waals surface area contributed by atoms with Gasteiger partial charge in [-0.15, -0.1) is 12.4 Å². The summed E-state index contributed by atoms with van der Waals surface area (Å²) in [5, 5.41) is 0. The van der Waals surface area contributed by atoms with Gasteiger partial charge in [0, 0.05) is 25.4 Å². The van der Waals surface area contributed by atoms with Gasteiger partial charge in [-0.2, -0.15) is 0 Å². The van der Waals surface area contributed by atoms with E-state index in [1.807, 2.05) is 6.07 Å². The number of likely N-dealkylation sites (N-methyl/N-ethyl adjacent to an activating group) is 1. The maximum atomic E-state index is 12.6. The van der Waals surface area contributed by atoms with E-state index in [9.17, 15) is 4.79 Å². The van der Waals surface area contributed by atoms with Crippen molar-refractivity contribution in [1.82, 2.24) is 4.90 Å². The molecule has 1 fully saturated rings. The molecule has 0 aromatic heterocycles. The summed E-state index contributed by atoms with van der Waals surface area (Å²) in [6.07, 6.45) is 3.91. The lowest BCUT2D eigenvalue weighted by Crippen LogP contribution is -2.35. The second-order valence-corrected chi connectivity index (χ2v) is 7.05. The molecule has 25 heavy (non-hydrogen) atoms. The summed E-state index contributed by atoms with van der Waals surface area (Å²) in [6, 6.07) is 21.1. The molecule has 0 amide bonds. The van der Waals surface area contributed by atoms with E-state index in [1.54, 1.807) is 0 Å². The Morgan fingerprint density at radius 3 is 2.24 bits per heavy atom. The van der Waals surface area contributed by atoms with Crippen LogP contribution in [0.2, 0.25) is 0 Å². The van der Waals surface area contributed by atoms with E-state index in [2.05, 4.69) is 66.5 Å². The number of halogens is 1. The van der Waals surface area contributed by atoms with E-state index in [-0.39, 0.29) is 18.3 Å². The van der Waals surface area contributed by atoms with Crippen LogP contribution in [0.25, 0.3) is 0 Å². The highest BCUT2D eigenvalue weighted by Crippen LogP contribution is 2.33. The zero-order valence-corrected chi connectivity index (χ0v) is 15.8. The van der Waals surface area contributed by atoms with Crippen molar-refractivity contribution in [1.29, 1.82) is 0 Å². The fourth-order valence-electron chi connectivity index (χ4n) is 3.71. The Hall–Kier alpha value is -1.64. The van der Waals surface area contributed by atoms with Gasteiger partial charge in [0.2, 0.25) is 0 Å². The largest absolute Gasteiger partial charge is 0.305 e. The summed E-state index contributed by atoms with van der Waals surface area (Å²) in [4.78, 5) is 14.9. The minimum Gasteiger partial charge on any atom is -0.305 e. The Morgan fingerprint density at radius 2 is 1.60 bits per heavy atom. The predicted octanol–water partition coefficient (Wildman–Crippen LogP) is 4.74. The number of carbonyl (C=O) groups excluding carboxylic acids is 1. The topological polar surface area (TPSA) is 20.3 Å². The van der Waals surface area contributed by atoms with Gasteiger partial charge in [-0.05, 0) is 43.4 Å². The Bertz CT molecular complexity index is 644. The van der Waals surface area contributed by atoms with Crippen molar-refractivity contribution in [2.45, 2.75) is 31.6 Å². The number of carbonyl (C=O) groups is 1. The molecule has 1 aliphatic carbocycles. The summed E-state index contributed by atoms with van der Waals surface area (Å²) >= 11 is 0. The minimum atomic E-state index is 0. The van der Waals surface area contributed by atoms with Gasteiger partial charge < -0.3 is 4.90 Å². The van der Waals surface area contributed by atoms with Crippen molar-refractivity contribution in [2.24, 2.45) is 5.92 Å². The smallest absolute Gasteiger partial charge is 0.137 e. The molecule has 0 N–H and O–H groups in total. The molecule has 0 aliphatic heterocycles. The van der Waals surface area contributed by atoms with Gasteiger partial charge in [-0.25, -0.2) is 0 Å². The number of hydrogen-bond acceptors (Lipinski definition) is 2. The van der Waals surface area contributed by atoms with Crippen LogP contribution in [0, 0.1) is 5.92 Å². The van der Waals surface area contributed by atoms with Gasteiger partial charge in [-0.1, -0.05) is 60.7 Å². The van der Waals surface area contributed by atoms with E-state index in [0.717, 1.165) is 32.4 Å². The van der Waals surface area contributed by atoms with Crippen LogP contribution in [-0.2, 0) is 11.2 Å². The van der Waals surface area contributed by atoms with Gasteiger partial charge in [0.15, 0.2) is 0 Å². The average molecular weight is 358 g/mol. The van der Waals surface area contributed by atoms with Gasteiger partial charge in [0.25, 0.3) is 0 Å². The Balaban J connectivity index is 0.00000225. The molecule has 2 aromatic carbocycles. The normalized spacial score (nSPS) is 20.3. The Morgan fingerprint density at radius 1 is 0.960 bits per heavy atom. The van der Waals surface area contributed by atoms with Crippen LogP contribution in [0.1, 0.15) is 36.3 Å². The van der Waals surface area contributed by atoms with Crippen molar-refractivity contribution in [3.8, 4) is 0 Å². The molecule has 134 valence electrons. The fourth-order valence-corrected chi connectivity index (χ4v) is 3.71. The number of benzene rings is 2. The van der Waals surface area contributed by atoms with Gasteiger partial charge in [-0.3, -0.25) is 4.79 Å². The van der Waals surface area contributed by atoms with Crippen LogP contribution in [0.4, 0.5) is 0 Å². The highest BCUT2D eigenvalue weighted by molar-refractivity contribution is 5.85. The van der Waals surface area contributed by atoms with Gasteiger partial charge in [0.1, 0.15) is 5.78 Å². The molecule has 0 heterocycles. The minimum absolute atomic E-state index is 0. The summed E-state index contributed by atoms with van der Waals surface area (Å²) in [7, 11) is 2.14. The Kier molecular flexibility index (Phi) is 7.67. The van der Waals surface area contributed by atoms with E-state index >= 15 is 0 Å². The van der Waals surface area contributed by atoms with E-state index in [4.69, 9.17) is 0 Å². The number of ketones is 1. The number of rotatable bonds is 6. The fraction of sp³-hybridized carbons (Fsp3) is 0.409. The van der Waals surface area contributed by atoms with Gasteiger partial charge >= 0.3 is 0 Å². The maximum absolute atomic E-state index is 12.6. The third-order valence-corrected chi connectivity index (χ3v) is 5.19.